The van der Waals surface area contributed by atoms with Crippen LogP contribution in [-0.2, 0) is 14.3 Å². The highest BCUT2D eigenvalue weighted by molar-refractivity contribution is 6.08. The number of hydrogen-bond acceptors (Lipinski definition) is 6. The van der Waals surface area contributed by atoms with Gasteiger partial charge in [-0.15, -0.1) is 0 Å². The van der Waals surface area contributed by atoms with Crippen LogP contribution in [0.1, 0.15) is 18.4 Å². The summed E-state index contributed by atoms with van der Waals surface area (Å²) in [5.74, 6) is -0.871. The Bertz CT molecular complexity index is 1060. The number of carbonyl (C=O) groups is 1. The number of fused-ring (bicyclic) bond motifs is 1. The van der Waals surface area contributed by atoms with E-state index in [4.69, 9.17) is 14.6 Å². The molecule has 3 rings (SSSR count). The Morgan fingerprint density at radius 3 is 2.45 bits per heavy atom. The van der Waals surface area contributed by atoms with Crippen molar-refractivity contribution in [3.05, 3.63) is 47.5 Å². The van der Waals surface area contributed by atoms with E-state index in [9.17, 15) is 23.2 Å². The Balaban J connectivity index is 1.80. The third kappa shape index (κ3) is 6.54. The van der Waals surface area contributed by atoms with E-state index < -0.39 is 23.1 Å². The molecule has 6 nitrogen and oxygen atoms in total. The molecule has 176 valence electrons. The molecular weight excluding hydrogens is 437 g/mol. The first-order valence-corrected chi connectivity index (χ1v) is 10.7. The maximum atomic E-state index is 14.0. The van der Waals surface area contributed by atoms with Crippen molar-refractivity contribution in [1.82, 2.24) is 0 Å². The molecule has 0 radical (unpaired) electrons. The second-order valence-corrected chi connectivity index (χ2v) is 7.53. The standard InChI is InChI=1S/C24H25F3N2O4/c25-24(26,27)23(20(16-28)22(31)5-2-11-32-13-14-33-12-10-30)18-7-6-17-3-1-4-21(19(17)15-18)29-8-9-29/h1,3-4,6-7,15,30H,2,5,8-14H2/b23-20-. The van der Waals surface area contributed by atoms with E-state index in [0.29, 0.717) is 5.39 Å². The smallest absolute Gasteiger partial charge is 0.394 e. The Morgan fingerprint density at radius 1 is 1.09 bits per heavy atom. The van der Waals surface area contributed by atoms with Crippen LogP contribution in [0.4, 0.5) is 18.9 Å². The lowest BCUT2D eigenvalue weighted by atomic mass is 9.93. The molecule has 1 aliphatic heterocycles. The number of nitrogens with zero attached hydrogens (tertiary/aromatic N) is 2. The summed E-state index contributed by atoms with van der Waals surface area (Å²) in [5, 5.41) is 19.5. The molecule has 0 unspecified atom stereocenters. The number of anilines is 1. The van der Waals surface area contributed by atoms with Crippen LogP contribution in [0.3, 0.4) is 0 Å². The number of alkyl halides is 3. The number of carbonyl (C=O) groups excluding carboxylic acids is 1. The average Bonchev–Trinajstić information content (AvgIpc) is 3.62. The highest BCUT2D eigenvalue weighted by Crippen LogP contribution is 2.40. The number of ether oxygens (including phenoxy) is 2. The lowest BCUT2D eigenvalue weighted by molar-refractivity contribution is -0.116. The summed E-state index contributed by atoms with van der Waals surface area (Å²) in [4.78, 5) is 14.6. The number of aliphatic hydroxyl groups is 1. The molecule has 1 saturated heterocycles. The Labute approximate surface area is 189 Å². The minimum absolute atomic E-state index is 0.101. The first-order valence-electron chi connectivity index (χ1n) is 10.7. The van der Waals surface area contributed by atoms with Gasteiger partial charge in [0.2, 0.25) is 0 Å². The van der Waals surface area contributed by atoms with Crippen molar-refractivity contribution in [2.45, 2.75) is 19.0 Å². The molecule has 0 bridgehead atoms. The van der Waals surface area contributed by atoms with Gasteiger partial charge in [-0.2, -0.15) is 18.4 Å². The summed E-state index contributed by atoms with van der Waals surface area (Å²) < 4.78 is 52.4. The second-order valence-electron chi connectivity index (χ2n) is 7.53. The molecule has 33 heavy (non-hydrogen) atoms. The largest absolute Gasteiger partial charge is 0.418 e. The Morgan fingerprint density at radius 2 is 1.82 bits per heavy atom. The zero-order valence-electron chi connectivity index (χ0n) is 18.0. The van der Waals surface area contributed by atoms with E-state index in [2.05, 4.69) is 0 Å². The number of benzene rings is 2. The minimum atomic E-state index is -4.87. The lowest BCUT2D eigenvalue weighted by Crippen LogP contribution is -2.17. The SMILES string of the molecule is N#C/C(C(=O)CCCOCCOCCO)=C(\c1ccc2cccc(N3CC3)c2c1)C(F)(F)F. The van der Waals surface area contributed by atoms with E-state index in [1.807, 2.05) is 23.1 Å². The fourth-order valence-electron chi connectivity index (χ4n) is 3.53. The van der Waals surface area contributed by atoms with Gasteiger partial charge in [-0.1, -0.05) is 24.3 Å². The van der Waals surface area contributed by atoms with Crippen LogP contribution in [0, 0.1) is 11.3 Å². The molecular formula is C24H25F3N2O4. The van der Waals surface area contributed by atoms with Gasteiger partial charge in [0.25, 0.3) is 0 Å². The molecule has 0 spiro atoms. The zero-order valence-corrected chi connectivity index (χ0v) is 18.0. The van der Waals surface area contributed by atoms with Gasteiger partial charge in [0.1, 0.15) is 11.6 Å². The zero-order chi connectivity index (χ0) is 23.8. The monoisotopic (exact) mass is 462 g/mol. The van der Waals surface area contributed by atoms with Crippen LogP contribution in [0.25, 0.3) is 16.3 Å². The molecule has 0 atom stereocenters. The molecule has 0 saturated carbocycles. The van der Waals surface area contributed by atoms with Gasteiger partial charge in [0.15, 0.2) is 5.78 Å². The Hall–Kier alpha value is -2.93. The predicted molar refractivity (Wildman–Crippen MR) is 118 cm³/mol. The summed E-state index contributed by atoms with van der Waals surface area (Å²) in [6.07, 6.45) is -4.94. The van der Waals surface area contributed by atoms with Crippen molar-refractivity contribution in [2.24, 2.45) is 0 Å². The molecule has 0 aliphatic carbocycles. The summed E-state index contributed by atoms with van der Waals surface area (Å²) in [6.45, 7) is 2.40. The van der Waals surface area contributed by atoms with Crippen LogP contribution in [0.2, 0.25) is 0 Å². The van der Waals surface area contributed by atoms with Crippen LogP contribution >= 0.6 is 0 Å². The van der Waals surface area contributed by atoms with Crippen LogP contribution in [-0.4, -0.2) is 63.2 Å². The first kappa shape index (κ1) is 24.7. The quantitative estimate of drug-likeness (QED) is 0.223. The van der Waals surface area contributed by atoms with E-state index in [0.717, 1.165) is 24.2 Å². The third-order valence-electron chi connectivity index (χ3n) is 5.16. The minimum Gasteiger partial charge on any atom is -0.394 e. The van der Waals surface area contributed by atoms with Gasteiger partial charge in [-0.3, -0.25) is 4.79 Å². The molecule has 1 heterocycles. The van der Waals surface area contributed by atoms with E-state index in [1.54, 1.807) is 6.07 Å². The van der Waals surface area contributed by atoms with Crippen molar-refractivity contribution < 1.29 is 32.5 Å². The van der Waals surface area contributed by atoms with Crippen molar-refractivity contribution in [1.29, 1.82) is 5.26 Å². The normalized spacial score (nSPS) is 14.2. The molecule has 0 amide bonds. The van der Waals surface area contributed by atoms with Gasteiger partial charge >= 0.3 is 6.18 Å². The summed E-state index contributed by atoms with van der Waals surface area (Å²) in [6, 6.07) is 11.3. The lowest BCUT2D eigenvalue weighted by Gasteiger charge is -2.16. The van der Waals surface area contributed by atoms with Gasteiger partial charge in [0.05, 0.1) is 32.0 Å². The fraction of sp³-hybridized carbons (Fsp3) is 0.417. The highest BCUT2D eigenvalue weighted by atomic mass is 19.4. The number of halogens is 3. The van der Waals surface area contributed by atoms with Gasteiger partial charge in [-0.25, -0.2) is 0 Å². The van der Waals surface area contributed by atoms with Gasteiger partial charge in [0, 0.05) is 37.2 Å². The second kappa shape index (κ2) is 11.3. The van der Waals surface area contributed by atoms with Crippen LogP contribution < -0.4 is 4.90 Å². The summed E-state index contributed by atoms with van der Waals surface area (Å²) in [7, 11) is 0. The van der Waals surface area contributed by atoms with Crippen LogP contribution in [0.15, 0.2) is 42.0 Å². The number of ketones is 1. The van der Waals surface area contributed by atoms with Crippen molar-refractivity contribution in [2.75, 3.05) is 51.0 Å². The molecule has 2 aromatic carbocycles. The number of aliphatic hydroxyl groups excluding tert-OH is 1. The molecule has 0 aromatic heterocycles. The third-order valence-corrected chi connectivity index (χ3v) is 5.16. The fourth-order valence-corrected chi connectivity index (χ4v) is 3.53. The predicted octanol–water partition coefficient (Wildman–Crippen LogP) is 3.87. The van der Waals surface area contributed by atoms with E-state index in [-0.39, 0.29) is 51.4 Å². The topological polar surface area (TPSA) is 82.6 Å². The maximum absolute atomic E-state index is 14.0. The van der Waals surface area contributed by atoms with E-state index in [1.165, 1.54) is 18.2 Å². The molecule has 1 N–H and O–H groups in total. The first-order chi connectivity index (χ1) is 15.9. The Kier molecular flexibility index (Phi) is 8.44. The number of hydrogen-bond donors (Lipinski definition) is 1. The van der Waals surface area contributed by atoms with E-state index >= 15 is 0 Å². The van der Waals surface area contributed by atoms with Crippen molar-refractivity contribution >= 4 is 27.8 Å². The number of allylic oxidation sites excluding steroid dienone is 2. The number of rotatable bonds is 12. The highest BCUT2D eigenvalue weighted by Gasteiger charge is 2.39. The van der Waals surface area contributed by atoms with Crippen molar-refractivity contribution in [3.63, 3.8) is 0 Å². The number of Topliss-reactive ketones (excluding diaryl/α,β-unsaturated/α-hetero) is 1. The molecule has 9 heteroatoms. The number of nitriles is 1. The van der Waals surface area contributed by atoms with Gasteiger partial charge in [-0.05, 0) is 29.5 Å². The van der Waals surface area contributed by atoms with Gasteiger partial charge < -0.3 is 19.5 Å². The maximum Gasteiger partial charge on any atom is 0.418 e. The summed E-state index contributed by atoms with van der Waals surface area (Å²) >= 11 is 0. The molecule has 1 aliphatic rings. The average molecular weight is 462 g/mol. The summed E-state index contributed by atoms with van der Waals surface area (Å²) in [5.41, 5.74) is -1.47. The molecule has 1 fully saturated rings. The van der Waals surface area contributed by atoms with Crippen molar-refractivity contribution in [3.8, 4) is 6.07 Å². The van der Waals surface area contributed by atoms with Crippen LogP contribution in [0.5, 0.6) is 0 Å². The molecule has 2 aromatic rings.